The van der Waals surface area contributed by atoms with Crippen molar-refractivity contribution in [2.24, 2.45) is 5.92 Å². The molecule has 2 N–H and O–H groups in total. The molecular weight excluding hydrogens is 338 g/mol. The number of hydrogen-bond donors (Lipinski definition) is 2. The van der Waals surface area contributed by atoms with Crippen LogP contribution in [0.5, 0.6) is 0 Å². The number of aryl methyl sites for hydroxylation is 1. The maximum absolute atomic E-state index is 13.0. The van der Waals surface area contributed by atoms with E-state index in [-0.39, 0.29) is 13.1 Å². The zero-order valence-corrected chi connectivity index (χ0v) is 14.1. The lowest BCUT2D eigenvalue weighted by atomic mass is 9.92. The van der Waals surface area contributed by atoms with Crippen LogP contribution in [0.1, 0.15) is 24.0 Å². The molecule has 2 atom stereocenters. The van der Waals surface area contributed by atoms with Gasteiger partial charge in [-0.1, -0.05) is 24.3 Å². The Morgan fingerprint density at radius 1 is 1.27 bits per heavy atom. The minimum absolute atomic E-state index is 0.117. The third kappa shape index (κ3) is 2.36. The van der Waals surface area contributed by atoms with Gasteiger partial charge in [-0.05, 0) is 30.4 Å². The molecule has 8 nitrogen and oxygen atoms in total. The van der Waals surface area contributed by atoms with Gasteiger partial charge >= 0.3 is 12.0 Å². The number of urea groups is 1. The highest BCUT2D eigenvalue weighted by atomic mass is 16.4. The van der Waals surface area contributed by atoms with E-state index in [1.54, 1.807) is 0 Å². The van der Waals surface area contributed by atoms with Crippen molar-refractivity contribution in [1.82, 2.24) is 15.1 Å². The first-order valence-electron chi connectivity index (χ1n) is 8.65. The average molecular weight is 357 g/mol. The number of fused-ring (bicyclic) bond motifs is 2. The van der Waals surface area contributed by atoms with Crippen LogP contribution in [0.2, 0.25) is 0 Å². The van der Waals surface area contributed by atoms with Crippen molar-refractivity contribution < 1.29 is 24.3 Å². The first kappa shape index (κ1) is 16.6. The highest BCUT2D eigenvalue weighted by molar-refractivity contribution is 6.10. The van der Waals surface area contributed by atoms with Gasteiger partial charge in [0, 0.05) is 13.1 Å². The van der Waals surface area contributed by atoms with Gasteiger partial charge in [0.1, 0.15) is 12.1 Å². The largest absolute Gasteiger partial charge is 0.481 e. The molecule has 2 aliphatic heterocycles. The molecule has 1 aromatic rings. The van der Waals surface area contributed by atoms with Crippen molar-refractivity contribution in [2.75, 3.05) is 19.6 Å². The maximum atomic E-state index is 13.0. The average Bonchev–Trinajstić information content (AvgIpc) is 3.30. The van der Waals surface area contributed by atoms with Gasteiger partial charge in [0.25, 0.3) is 5.91 Å². The van der Waals surface area contributed by atoms with E-state index in [4.69, 9.17) is 5.11 Å². The van der Waals surface area contributed by atoms with Crippen LogP contribution in [0, 0.1) is 5.92 Å². The highest BCUT2D eigenvalue weighted by Crippen LogP contribution is 2.41. The highest BCUT2D eigenvalue weighted by Gasteiger charge is 2.55. The molecule has 2 saturated heterocycles. The summed E-state index contributed by atoms with van der Waals surface area (Å²) in [7, 11) is 0. The fraction of sp³-hybridized carbons (Fsp3) is 0.444. The van der Waals surface area contributed by atoms with E-state index >= 15 is 0 Å². The van der Waals surface area contributed by atoms with Gasteiger partial charge in [0.15, 0.2) is 0 Å². The molecule has 136 valence electrons. The predicted molar refractivity (Wildman–Crippen MR) is 89.0 cm³/mol. The Kier molecular flexibility index (Phi) is 3.71. The molecule has 0 radical (unpaired) electrons. The van der Waals surface area contributed by atoms with Crippen molar-refractivity contribution >= 4 is 23.8 Å². The van der Waals surface area contributed by atoms with Crippen molar-refractivity contribution in [3.8, 4) is 0 Å². The van der Waals surface area contributed by atoms with E-state index in [0.717, 1.165) is 16.0 Å². The van der Waals surface area contributed by atoms with Gasteiger partial charge < -0.3 is 15.3 Å². The Hall–Kier alpha value is -2.90. The molecule has 8 heteroatoms. The van der Waals surface area contributed by atoms with Crippen molar-refractivity contribution in [3.05, 3.63) is 35.4 Å². The number of aliphatic carboxylic acids is 1. The van der Waals surface area contributed by atoms with Crippen LogP contribution in [0.3, 0.4) is 0 Å². The van der Waals surface area contributed by atoms with Crippen molar-refractivity contribution in [2.45, 2.75) is 24.8 Å². The maximum Gasteiger partial charge on any atom is 0.325 e. The second-order valence-electron chi connectivity index (χ2n) is 7.05. The fourth-order valence-electron chi connectivity index (χ4n) is 4.16. The van der Waals surface area contributed by atoms with Crippen LogP contribution in [0.15, 0.2) is 24.3 Å². The molecule has 1 spiro atoms. The molecule has 3 aliphatic rings. The summed E-state index contributed by atoms with van der Waals surface area (Å²) >= 11 is 0. The Balaban J connectivity index is 1.51. The van der Waals surface area contributed by atoms with Crippen LogP contribution in [-0.4, -0.2) is 58.4 Å². The third-order valence-electron chi connectivity index (χ3n) is 5.61. The molecule has 26 heavy (non-hydrogen) atoms. The number of likely N-dealkylation sites (tertiary alicyclic amines) is 1. The number of carboxylic acids is 1. The van der Waals surface area contributed by atoms with Gasteiger partial charge in [-0.3, -0.25) is 19.3 Å². The monoisotopic (exact) mass is 357 g/mol. The molecule has 1 aliphatic carbocycles. The van der Waals surface area contributed by atoms with Crippen LogP contribution < -0.4 is 5.32 Å². The summed E-state index contributed by atoms with van der Waals surface area (Å²) in [4.78, 5) is 51.3. The Bertz CT molecular complexity index is 823. The number of imide groups is 1. The third-order valence-corrected chi connectivity index (χ3v) is 5.61. The first-order chi connectivity index (χ1) is 12.4. The summed E-state index contributed by atoms with van der Waals surface area (Å²) in [6, 6.07) is 6.92. The number of amides is 4. The van der Waals surface area contributed by atoms with Crippen LogP contribution in [0.4, 0.5) is 4.79 Å². The van der Waals surface area contributed by atoms with E-state index in [1.165, 1.54) is 4.90 Å². The number of nitrogens with one attached hydrogen (secondary N) is 1. The molecule has 0 saturated carbocycles. The lowest BCUT2D eigenvalue weighted by molar-refractivity contribution is -0.142. The zero-order chi connectivity index (χ0) is 18.5. The number of carbonyl (C=O) groups is 4. The second kappa shape index (κ2) is 5.82. The van der Waals surface area contributed by atoms with E-state index in [9.17, 15) is 19.2 Å². The quantitative estimate of drug-likeness (QED) is 0.758. The van der Waals surface area contributed by atoms with Crippen LogP contribution in [-0.2, 0) is 26.3 Å². The van der Waals surface area contributed by atoms with Crippen molar-refractivity contribution in [3.63, 3.8) is 0 Å². The smallest absolute Gasteiger partial charge is 0.325 e. The lowest BCUT2D eigenvalue weighted by Crippen LogP contribution is -2.44. The Labute approximate surface area is 149 Å². The van der Waals surface area contributed by atoms with Crippen LogP contribution >= 0.6 is 0 Å². The number of carbonyl (C=O) groups excluding carboxylic acids is 3. The van der Waals surface area contributed by atoms with E-state index in [0.29, 0.717) is 25.8 Å². The first-order valence-corrected chi connectivity index (χ1v) is 8.65. The lowest BCUT2D eigenvalue weighted by Gasteiger charge is -2.23. The number of benzene rings is 1. The number of carboxylic acid groups (broad SMARTS) is 1. The van der Waals surface area contributed by atoms with E-state index < -0.39 is 35.3 Å². The summed E-state index contributed by atoms with van der Waals surface area (Å²) in [6.07, 6.45) is 1.56. The molecule has 0 aromatic heterocycles. The Morgan fingerprint density at radius 2 is 2.04 bits per heavy atom. The van der Waals surface area contributed by atoms with Gasteiger partial charge in [-0.2, -0.15) is 0 Å². The summed E-state index contributed by atoms with van der Waals surface area (Å²) in [5.41, 5.74) is 0.737. The summed E-state index contributed by atoms with van der Waals surface area (Å²) in [5, 5.41) is 11.8. The summed E-state index contributed by atoms with van der Waals surface area (Å²) in [6.45, 7) is 0.0835. The molecule has 2 fully saturated rings. The van der Waals surface area contributed by atoms with Gasteiger partial charge in [0.2, 0.25) is 5.91 Å². The minimum atomic E-state index is -1.08. The molecule has 4 rings (SSSR count). The molecule has 0 unspecified atom stereocenters. The number of hydrogen-bond acceptors (Lipinski definition) is 4. The van der Waals surface area contributed by atoms with Gasteiger partial charge in [0.05, 0.1) is 5.92 Å². The van der Waals surface area contributed by atoms with E-state index in [1.807, 2.05) is 24.3 Å². The molecule has 2 heterocycles. The van der Waals surface area contributed by atoms with Gasteiger partial charge in [-0.25, -0.2) is 4.79 Å². The number of rotatable bonds is 3. The second-order valence-corrected chi connectivity index (χ2v) is 7.05. The summed E-state index contributed by atoms with van der Waals surface area (Å²) in [5.74, 6) is -2.33. The SMILES string of the molecule is O=C(O)[C@H]1CCN(C(=O)CN2C(=O)N[C@]3(CCc4ccccc43)C2=O)C1. The molecule has 0 bridgehead atoms. The molecular formula is C18H19N3O5. The van der Waals surface area contributed by atoms with Crippen LogP contribution in [0.25, 0.3) is 0 Å². The Morgan fingerprint density at radius 3 is 2.77 bits per heavy atom. The topological polar surface area (TPSA) is 107 Å². The van der Waals surface area contributed by atoms with Gasteiger partial charge in [-0.15, -0.1) is 0 Å². The fourth-order valence-corrected chi connectivity index (χ4v) is 4.16. The minimum Gasteiger partial charge on any atom is -0.481 e. The van der Waals surface area contributed by atoms with Crippen molar-refractivity contribution in [1.29, 1.82) is 0 Å². The molecule has 4 amide bonds. The number of nitrogens with zero attached hydrogens (tertiary/aromatic N) is 2. The zero-order valence-electron chi connectivity index (χ0n) is 14.1. The molecule has 1 aromatic carbocycles. The standard InChI is InChI=1S/C18H19N3O5/c22-14(20-8-6-12(9-20)15(23)24)10-21-16(25)18(19-17(21)26)7-5-11-3-1-2-4-13(11)18/h1-4,12H,5-10H2,(H,19,26)(H,23,24)/t12-,18-/m0/s1. The normalized spacial score (nSPS) is 27.2. The summed E-state index contributed by atoms with van der Waals surface area (Å²) < 4.78 is 0. The predicted octanol–water partition coefficient (Wildman–Crippen LogP) is 0.313. The van der Waals surface area contributed by atoms with E-state index in [2.05, 4.69) is 5.32 Å².